The molecule has 1 aliphatic carbocycles. The first kappa shape index (κ1) is 31.6. The molecule has 0 unspecified atom stereocenters. The van der Waals surface area contributed by atoms with Crippen molar-refractivity contribution in [1.82, 2.24) is 9.88 Å². The second-order valence-corrected chi connectivity index (χ2v) is 12.3. The zero-order valence-corrected chi connectivity index (χ0v) is 25.8. The van der Waals surface area contributed by atoms with Crippen LogP contribution in [0.3, 0.4) is 0 Å². The normalized spacial score (nSPS) is 13.1. The maximum atomic E-state index is 12.7. The van der Waals surface area contributed by atoms with Gasteiger partial charge in [0.15, 0.2) is 0 Å². The van der Waals surface area contributed by atoms with Gasteiger partial charge < -0.3 is 16.4 Å². The Kier molecular flexibility index (Phi) is 10.1. The van der Waals surface area contributed by atoms with E-state index in [1.54, 1.807) is 47.3 Å². The summed E-state index contributed by atoms with van der Waals surface area (Å²) in [4.78, 5) is 43.6. The second kappa shape index (κ2) is 13.7. The van der Waals surface area contributed by atoms with E-state index in [-0.39, 0.29) is 23.2 Å². The van der Waals surface area contributed by atoms with Gasteiger partial charge in [-0.25, -0.2) is 4.39 Å². The van der Waals surface area contributed by atoms with Crippen molar-refractivity contribution in [2.24, 2.45) is 17.4 Å². The van der Waals surface area contributed by atoms with Crippen LogP contribution in [0, 0.1) is 18.7 Å². The number of benzene rings is 2. The molecule has 224 valence electrons. The van der Waals surface area contributed by atoms with Gasteiger partial charge in [0, 0.05) is 17.5 Å². The fourth-order valence-electron chi connectivity index (χ4n) is 5.22. The number of nitrogens with two attached hydrogens (primary N) is 2. The fourth-order valence-corrected chi connectivity index (χ4v) is 6.13. The van der Waals surface area contributed by atoms with Crippen molar-refractivity contribution < 1.29 is 18.8 Å². The lowest BCUT2D eigenvalue weighted by Crippen LogP contribution is -2.21. The monoisotopic (exact) mass is 600 g/mol. The number of amides is 3. The van der Waals surface area contributed by atoms with Crippen molar-refractivity contribution in [2.75, 3.05) is 7.05 Å². The van der Waals surface area contributed by atoms with Crippen LogP contribution < -0.4 is 11.5 Å². The van der Waals surface area contributed by atoms with Gasteiger partial charge in [0.2, 0.25) is 0 Å². The highest BCUT2D eigenvalue weighted by molar-refractivity contribution is 7.17. The number of aryl methyl sites for hydroxylation is 3. The molecule has 7 nitrogen and oxygen atoms in total. The second-order valence-electron chi connectivity index (χ2n) is 11.2. The van der Waals surface area contributed by atoms with Crippen LogP contribution in [0.15, 0.2) is 60.7 Å². The zero-order valence-electron chi connectivity index (χ0n) is 24.9. The van der Waals surface area contributed by atoms with Crippen LogP contribution >= 0.6 is 11.3 Å². The highest BCUT2D eigenvalue weighted by Gasteiger charge is 2.34. The van der Waals surface area contributed by atoms with Gasteiger partial charge in [-0.2, -0.15) is 0 Å². The third kappa shape index (κ3) is 7.53. The lowest BCUT2D eigenvalue weighted by molar-refractivity contribution is 0.0816. The number of carbonyl (C=O) groups excluding carboxylic acids is 3. The molecular weight excluding hydrogens is 563 g/mol. The molecule has 3 heterocycles. The summed E-state index contributed by atoms with van der Waals surface area (Å²) >= 11 is 1.14. The number of primary amides is 2. The van der Waals surface area contributed by atoms with Gasteiger partial charge >= 0.3 is 0 Å². The van der Waals surface area contributed by atoms with Gasteiger partial charge in [0.25, 0.3) is 17.7 Å². The van der Waals surface area contributed by atoms with E-state index < -0.39 is 11.8 Å². The first-order chi connectivity index (χ1) is 20.5. The predicted molar refractivity (Wildman–Crippen MR) is 169 cm³/mol. The van der Waals surface area contributed by atoms with E-state index in [1.807, 2.05) is 20.8 Å². The summed E-state index contributed by atoms with van der Waals surface area (Å²) in [6.45, 7) is 6.35. The van der Waals surface area contributed by atoms with Crippen molar-refractivity contribution in [3.63, 3.8) is 0 Å². The number of halogens is 1. The predicted octanol–water partition coefficient (Wildman–Crippen LogP) is 6.10. The Morgan fingerprint density at radius 3 is 2.09 bits per heavy atom. The van der Waals surface area contributed by atoms with Gasteiger partial charge in [-0.1, -0.05) is 55.8 Å². The molecule has 0 spiro atoms. The minimum atomic E-state index is -0.637. The number of aromatic nitrogens is 1. The Labute approximate surface area is 255 Å². The minimum Gasteiger partial charge on any atom is -0.366 e. The van der Waals surface area contributed by atoms with Crippen LogP contribution in [-0.4, -0.2) is 34.7 Å². The standard InChI is InChI=1S/C18H20N4O3S.C9H10.C7H7F/c1-8(2)6-9-13(17(20)24)15(11-4-5-12(26-11)16(19)23)14-10(21-9)7-22(3)18(14)25;1-2-5-9-7-3-6-8(9)4-1;1-6-2-4-7(8)5-3-6/h4-5,8H,6-7H2,1-3H3,(H2,19,23)(H2,20,24);1-2,4-5H,3,6-7H2;2-5H,1H3. The molecule has 2 aromatic carbocycles. The first-order valence-electron chi connectivity index (χ1n) is 14.3. The third-order valence-corrected chi connectivity index (χ3v) is 8.38. The number of thiophene rings is 1. The molecule has 1 aliphatic heterocycles. The average molecular weight is 601 g/mol. The Hall–Kier alpha value is -4.37. The molecular formula is C34H37FN4O3S. The van der Waals surface area contributed by atoms with Crippen LogP contribution in [0.1, 0.15) is 78.7 Å². The van der Waals surface area contributed by atoms with Gasteiger partial charge in [0.1, 0.15) is 5.82 Å². The molecule has 6 rings (SSSR count). The summed E-state index contributed by atoms with van der Waals surface area (Å²) in [6.07, 6.45) is 4.52. The number of carbonyl (C=O) groups is 3. The molecule has 4 aromatic rings. The van der Waals surface area contributed by atoms with Crippen molar-refractivity contribution in [2.45, 2.75) is 53.0 Å². The molecule has 4 N–H and O–H groups in total. The van der Waals surface area contributed by atoms with Crippen LogP contribution in [0.2, 0.25) is 0 Å². The Morgan fingerprint density at radius 2 is 1.58 bits per heavy atom. The smallest absolute Gasteiger partial charge is 0.258 e. The number of rotatable bonds is 5. The zero-order chi connectivity index (χ0) is 31.3. The molecule has 0 atom stereocenters. The summed E-state index contributed by atoms with van der Waals surface area (Å²) in [6, 6.07) is 18.4. The number of nitrogens with zero attached hydrogens (tertiary/aromatic N) is 2. The van der Waals surface area contributed by atoms with E-state index in [0.717, 1.165) is 16.9 Å². The molecule has 0 fully saturated rings. The van der Waals surface area contributed by atoms with Gasteiger partial charge in [-0.15, -0.1) is 11.3 Å². The molecule has 0 saturated carbocycles. The molecule has 3 amide bonds. The maximum Gasteiger partial charge on any atom is 0.258 e. The lowest BCUT2D eigenvalue weighted by atomic mass is 9.93. The minimum absolute atomic E-state index is 0.171. The Balaban J connectivity index is 0.000000200. The number of pyridine rings is 1. The quantitative estimate of drug-likeness (QED) is 0.288. The van der Waals surface area contributed by atoms with Crippen LogP contribution in [-0.2, 0) is 25.8 Å². The molecule has 0 bridgehead atoms. The summed E-state index contributed by atoms with van der Waals surface area (Å²) in [7, 11) is 1.68. The topological polar surface area (TPSA) is 119 Å². The molecule has 0 radical (unpaired) electrons. The van der Waals surface area contributed by atoms with E-state index in [4.69, 9.17) is 11.5 Å². The summed E-state index contributed by atoms with van der Waals surface area (Å²) in [5.74, 6) is -1.32. The van der Waals surface area contributed by atoms with Gasteiger partial charge in [0.05, 0.1) is 33.9 Å². The summed E-state index contributed by atoms with van der Waals surface area (Å²) < 4.78 is 12.1. The number of fused-ring (bicyclic) bond motifs is 2. The van der Waals surface area contributed by atoms with E-state index in [1.165, 1.54) is 31.4 Å². The van der Waals surface area contributed by atoms with E-state index >= 15 is 0 Å². The number of hydrogen-bond acceptors (Lipinski definition) is 5. The van der Waals surface area contributed by atoms with E-state index in [2.05, 4.69) is 29.2 Å². The van der Waals surface area contributed by atoms with Crippen molar-refractivity contribution in [1.29, 1.82) is 0 Å². The Morgan fingerprint density at radius 1 is 0.953 bits per heavy atom. The molecule has 2 aromatic heterocycles. The molecule has 9 heteroatoms. The molecule has 2 aliphatic rings. The van der Waals surface area contributed by atoms with Crippen molar-refractivity contribution in [3.05, 3.63) is 111 Å². The maximum absolute atomic E-state index is 12.7. The highest BCUT2D eigenvalue weighted by Crippen LogP contribution is 2.39. The SMILES string of the molecule is CC(C)Cc1nc2c(c(-c3ccc(C(N)=O)s3)c1C(N)=O)C(=O)N(C)C2.Cc1ccc(F)cc1.c1ccc2c(c1)CCC2. The lowest BCUT2D eigenvalue weighted by Gasteiger charge is -2.15. The summed E-state index contributed by atoms with van der Waals surface area (Å²) in [5, 5.41) is 0. The summed E-state index contributed by atoms with van der Waals surface area (Å²) in [5.41, 5.74) is 17.6. The largest absolute Gasteiger partial charge is 0.366 e. The van der Waals surface area contributed by atoms with E-state index in [9.17, 15) is 18.8 Å². The van der Waals surface area contributed by atoms with Gasteiger partial charge in [-0.3, -0.25) is 19.4 Å². The van der Waals surface area contributed by atoms with Gasteiger partial charge in [-0.05, 0) is 73.9 Å². The molecule has 0 saturated heterocycles. The first-order valence-corrected chi connectivity index (χ1v) is 15.1. The Bertz CT molecular complexity index is 1600. The van der Waals surface area contributed by atoms with E-state index in [0.29, 0.717) is 45.2 Å². The highest BCUT2D eigenvalue weighted by atomic mass is 32.1. The van der Waals surface area contributed by atoms with Crippen molar-refractivity contribution in [3.8, 4) is 10.4 Å². The fraction of sp³-hybridized carbons (Fsp3) is 0.294. The van der Waals surface area contributed by atoms with Crippen LogP contribution in [0.4, 0.5) is 4.39 Å². The van der Waals surface area contributed by atoms with Crippen molar-refractivity contribution >= 4 is 29.1 Å². The van der Waals surface area contributed by atoms with Crippen LogP contribution in [0.5, 0.6) is 0 Å². The average Bonchev–Trinajstić information content (AvgIpc) is 3.70. The van der Waals surface area contributed by atoms with Crippen LogP contribution in [0.25, 0.3) is 10.4 Å². The third-order valence-electron chi connectivity index (χ3n) is 7.26. The molecule has 43 heavy (non-hydrogen) atoms. The number of hydrogen-bond donors (Lipinski definition) is 2.